The molecule has 0 atom stereocenters. The minimum atomic E-state index is -4.48. The molecule has 0 saturated carbocycles. The van der Waals surface area contributed by atoms with Gasteiger partial charge in [-0.15, -0.1) is 0 Å². The van der Waals surface area contributed by atoms with Crippen LogP contribution in [-0.4, -0.2) is 77.2 Å². The summed E-state index contributed by atoms with van der Waals surface area (Å²) in [7, 11) is 1.57. The van der Waals surface area contributed by atoms with Crippen molar-refractivity contribution in [1.29, 1.82) is 0 Å². The predicted octanol–water partition coefficient (Wildman–Crippen LogP) is 5.36. The third-order valence-electron chi connectivity index (χ3n) is 7.24. The van der Waals surface area contributed by atoms with Gasteiger partial charge in [-0.25, -0.2) is 9.59 Å². The summed E-state index contributed by atoms with van der Waals surface area (Å²) in [6, 6.07) is 11.2. The van der Waals surface area contributed by atoms with Crippen LogP contribution in [0.2, 0.25) is 0 Å². The lowest BCUT2D eigenvalue weighted by molar-refractivity contribution is -0.137. The van der Waals surface area contributed by atoms with Gasteiger partial charge in [0.15, 0.2) is 0 Å². The number of hydrogen-bond donors (Lipinski definition) is 1. The van der Waals surface area contributed by atoms with Crippen molar-refractivity contribution in [1.82, 2.24) is 14.7 Å². The number of nitrogens with one attached hydrogen (secondary N) is 1. The highest BCUT2D eigenvalue weighted by Gasteiger charge is 2.51. The van der Waals surface area contributed by atoms with E-state index in [1.54, 1.807) is 37.7 Å². The summed E-state index contributed by atoms with van der Waals surface area (Å²) in [6.45, 7) is 6.47. The molecule has 0 radical (unpaired) electrons. The lowest BCUT2D eigenvalue weighted by Gasteiger charge is -2.43. The van der Waals surface area contributed by atoms with Crippen LogP contribution in [0.4, 0.5) is 28.4 Å². The van der Waals surface area contributed by atoms with E-state index < -0.39 is 34.9 Å². The van der Waals surface area contributed by atoms with E-state index in [0.717, 1.165) is 17.7 Å². The van der Waals surface area contributed by atoms with Crippen LogP contribution in [0.25, 0.3) is 0 Å². The second kappa shape index (κ2) is 11.5. The maximum atomic E-state index is 13.7. The maximum Gasteiger partial charge on any atom is 0.416 e. The summed E-state index contributed by atoms with van der Waals surface area (Å²) in [5.41, 5.74) is -0.995. The van der Waals surface area contributed by atoms with E-state index in [9.17, 15) is 27.6 Å². The molecule has 2 fully saturated rings. The summed E-state index contributed by atoms with van der Waals surface area (Å²) >= 11 is 0. The van der Waals surface area contributed by atoms with Crippen molar-refractivity contribution in [2.45, 2.75) is 57.5 Å². The lowest BCUT2D eigenvalue weighted by atomic mass is 9.86. The Hall–Kier alpha value is -3.96. The SMILES string of the molecule is COc1ccc(CN2C(=O)N(CC(=O)Nc3ccc(C(F)(F)F)cc3)CC23CCN(C(=O)OC(C)(C)C)CC3)cc1. The molecule has 2 heterocycles. The zero-order valence-corrected chi connectivity index (χ0v) is 23.6. The third kappa shape index (κ3) is 7.22. The summed E-state index contributed by atoms with van der Waals surface area (Å²) in [5, 5.41) is 2.58. The second-order valence-corrected chi connectivity index (χ2v) is 11.4. The predicted molar refractivity (Wildman–Crippen MR) is 145 cm³/mol. The minimum absolute atomic E-state index is 0.199. The average molecular weight is 577 g/mol. The summed E-state index contributed by atoms with van der Waals surface area (Å²) in [4.78, 5) is 44.0. The number of hydrogen-bond acceptors (Lipinski definition) is 5. The second-order valence-electron chi connectivity index (χ2n) is 11.4. The Bertz CT molecular complexity index is 1250. The molecule has 9 nitrogen and oxygen atoms in total. The van der Waals surface area contributed by atoms with Crippen molar-refractivity contribution < 1.29 is 37.0 Å². The number of piperidine rings is 1. The number of urea groups is 1. The van der Waals surface area contributed by atoms with E-state index in [-0.39, 0.29) is 24.8 Å². The highest BCUT2D eigenvalue weighted by atomic mass is 19.4. The molecule has 12 heteroatoms. The molecular weight excluding hydrogens is 541 g/mol. The molecule has 0 aliphatic carbocycles. The normalized spacial score (nSPS) is 17.1. The fourth-order valence-corrected chi connectivity index (χ4v) is 5.13. The van der Waals surface area contributed by atoms with E-state index in [4.69, 9.17) is 9.47 Å². The average Bonchev–Trinajstić information content (AvgIpc) is 3.13. The number of nitrogens with zero attached hydrogens (tertiary/aromatic N) is 3. The van der Waals surface area contributed by atoms with Gasteiger partial charge in [-0.05, 0) is 75.6 Å². The first-order valence-electron chi connectivity index (χ1n) is 13.3. The molecule has 2 aromatic carbocycles. The van der Waals surface area contributed by atoms with Crippen LogP contribution in [0.3, 0.4) is 0 Å². The molecule has 0 aromatic heterocycles. The van der Waals surface area contributed by atoms with Gasteiger partial charge in [0, 0.05) is 31.9 Å². The number of amides is 4. The first kappa shape index (κ1) is 30.0. The van der Waals surface area contributed by atoms with Gasteiger partial charge in [0.05, 0.1) is 18.2 Å². The van der Waals surface area contributed by atoms with Crippen LogP contribution in [-0.2, 0) is 22.3 Å². The van der Waals surface area contributed by atoms with E-state index in [0.29, 0.717) is 38.2 Å². The van der Waals surface area contributed by atoms with Crippen molar-refractivity contribution in [2.75, 3.05) is 38.6 Å². The Morgan fingerprint density at radius 3 is 2.12 bits per heavy atom. The Morgan fingerprint density at radius 2 is 1.59 bits per heavy atom. The van der Waals surface area contributed by atoms with Gasteiger partial charge in [-0.1, -0.05) is 12.1 Å². The standard InChI is InChI=1S/C29H35F3N4O5/c1-27(2,3)41-26(39)34-15-13-28(14-16-34)19-35(25(38)36(28)17-20-5-11-23(40-4)12-6-20)18-24(37)33-22-9-7-21(8-10-22)29(30,31)32/h5-12H,13-19H2,1-4H3,(H,33,37). The molecule has 41 heavy (non-hydrogen) atoms. The fourth-order valence-electron chi connectivity index (χ4n) is 5.13. The van der Waals surface area contributed by atoms with E-state index >= 15 is 0 Å². The van der Waals surface area contributed by atoms with Crippen molar-refractivity contribution in [2.24, 2.45) is 0 Å². The number of halogens is 3. The van der Waals surface area contributed by atoms with Gasteiger partial charge in [0.1, 0.15) is 17.9 Å². The van der Waals surface area contributed by atoms with Crippen LogP contribution < -0.4 is 10.1 Å². The zero-order chi connectivity index (χ0) is 30.0. The van der Waals surface area contributed by atoms with E-state index in [1.165, 1.54) is 17.0 Å². The summed E-state index contributed by atoms with van der Waals surface area (Å²) in [6.07, 6.45) is -3.91. The van der Waals surface area contributed by atoms with Gasteiger partial charge in [0.25, 0.3) is 0 Å². The molecule has 1 spiro atoms. The zero-order valence-electron chi connectivity index (χ0n) is 23.6. The number of ether oxygens (including phenoxy) is 2. The topological polar surface area (TPSA) is 91.4 Å². The molecule has 2 saturated heterocycles. The molecule has 2 aromatic rings. The Kier molecular flexibility index (Phi) is 8.41. The van der Waals surface area contributed by atoms with E-state index in [2.05, 4.69) is 5.32 Å². The largest absolute Gasteiger partial charge is 0.497 e. The highest BCUT2D eigenvalue weighted by molar-refractivity contribution is 5.95. The molecule has 4 rings (SSSR count). The van der Waals surface area contributed by atoms with Gasteiger partial charge in [-0.2, -0.15) is 13.2 Å². The summed E-state index contributed by atoms with van der Waals surface area (Å²) in [5.74, 6) is 0.161. The van der Waals surface area contributed by atoms with Crippen molar-refractivity contribution in [3.8, 4) is 5.75 Å². The molecule has 0 bridgehead atoms. The van der Waals surface area contributed by atoms with E-state index in [1.807, 2.05) is 24.3 Å². The van der Waals surface area contributed by atoms with Gasteiger partial charge >= 0.3 is 18.3 Å². The number of carbonyl (C=O) groups is 3. The van der Waals surface area contributed by atoms with Crippen LogP contribution in [0.5, 0.6) is 5.75 Å². The Balaban J connectivity index is 1.48. The van der Waals surface area contributed by atoms with Gasteiger partial charge in [0.2, 0.25) is 5.91 Å². The molecule has 1 N–H and O–H groups in total. The minimum Gasteiger partial charge on any atom is -0.497 e. The molecular formula is C29H35F3N4O5. The molecule has 2 aliphatic rings. The van der Waals surface area contributed by atoms with Crippen LogP contribution in [0, 0.1) is 0 Å². The smallest absolute Gasteiger partial charge is 0.416 e. The number of anilines is 1. The monoisotopic (exact) mass is 576 g/mol. The fraction of sp³-hybridized carbons (Fsp3) is 0.483. The molecule has 2 aliphatic heterocycles. The number of rotatable bonds is 6. The van der Waals surface area contributed by atoms with Gasteiger partial charge in [-0.3, -0.25) is 4.79 Å². The first-order valence-corrected chi connectivity index (χ1v) is 13.3. The number of benzene rings is 2. The lowest BCUT2D eigenvalue weighted by Crippen LogP contribution is -2.55. The number of carbonyl (C=O) groups excluding carboxylic acids is 3. The Labute approximate surface area is 237 Å². The summed E-state index contributed by atoms with van der Waals surface area (Å²) < 4.78 is 49.4. The Morgan fingerprint density at radius 1 is 0.976 bits per heavy atom. The number of likely N-dealkylation sites (tertiary alicyclic amines) is 1. The number of alkyl halides is 3. The highest BCUT2D eigenvalue weighted by Crippen LogP contribution is 2.38. The molecule has 222 valence electrons. The van der Waals surface area contributed by atoms with Crippen LogP contribution in [0.15, 0.2) is 48.5 Å². The maximum absolute atomic E-state index is 13.7. The molecule has 4 amide bonds. The first-order chi connectivity index (χ1) is 19.2. The van der Waals surface area contributed by atoms with Crippen molar-refractivity contribution in [3.05, 3.63) is 59.7 Å². The number of methoxy groups -OCH3 is 1. The molecule has 0 unspecified atom stereocenters. The van der Waals surface area contributed by atoms with Crippen LogP contribution >= 0.6 is 0 Å². The van der Waals surface area contributed by atoms with Crippen LogP contribution in [0.1, 0.15) is 44.7 Å². The van der Waals surface area contributed by atoms with Crippen molar-refractivity contribution >= 4 is 23.7 Å². The quantitative estimate of drug-likeness (QED) is 0.500. The third-order valence-corrected chi connectivity index (χ3v) is 7.24. The van der Waals surface area contributed by atoms with Crippen molar-refractivity contribution in [3.63, 3.8) is 0 Å². The van der Waals surface area contributed by atoms with Gasteiger partial charge < -0.3 is 29.5 Å².